The van der Waals surface area contributed by atoms with Crippen molar-refractivity contribution in [3.63, 3.8) is 0 Å². The fraction of sp³-hybridized carbons (Fsp3) is 0.450. The van der Waals surface area contributed by atoms with Gasteiger partial charge in [0.25, 0.3) is 5.91 Å². The van der Waals surface area contributed by atoms with Crippen LogP contribution in [0.15, 0.2) is 23.5 Å². The molecule has 2 aliphatic rings. The van der Waals surface area contributed by atoms with Gasteiger partial charge in [-0.3, -0.25) is 14.4 Å². The Kier molecular flexibility index (Phi) is 5.03. The van der Waals surface area contributed by atoms with Gasteiger partial charge in [-0.2, -0.15) is 0 Å². The lowest BCUT2D eigenvalue weighted by molar-refractivity contribution is -0.150. The lowest BCUT2D eigenvalue weighted by atomic mass is 9.68. The summed E-state index contributed by atoms with van der Waals surface area (Å²) >= 11 is 0. The number of phenols is 1. The Morgan fingerprint density at radius 2 is 1.89 bits per heavy atom. The first-order chi connectivity index (χ1) is 13.1. The molecule has 0 aromatic heterocycles. The topological polar surface area (TPSA) is 158 Å². The highest BCUT2D eigenvalue weighted by Crippen LogP contribution is 2.42. The van der Waals surface area contributed by atoms with Crippen molar-refractivity contribution in [2.75, 3.05) is 6.61 Å². The summed E-state index contributed by atoms with van der Waals surface area (Å²) in [5.74, 6) is -4.25. The van der Waals surface area contributed by atoms with E-state index in [9.17, 15) is 34.8 Å². The maximum Gasteiger partial charge on any atom is 0.255 e. The van der Waals surface area contributed by atoms with Crippen molar-refractivity contribution in [3.8, 4) is 5.75 Å². The largest absolute Gasteiger partial charge is 0.511 e. The molecule has 2 aliphatic carbocycles. The molecule has 1 aromatic carbocycles. The number of Topliss-reactive ketones (excluding diaryl/α,β-unsaturated/α-hetero) is 2. The highest BCUT2D eigenvalue weighted by atomic mass is 16.3. The van der Waals surface area contributed by atoms with E-state index in [0.29, 0.717) is 17.5 Å². The number of aliphatic hydroxyl groups is 3. The fourth-order valence-electron chi connectivity index (χ4n) is 4.38. The molecule has 150 valence electrons. The van der Waals surface area contributed by atoms with Crippen LogP contribution >= 0.6 is 0 Å². The Balaban J connectivity index is 1.91. The normalized spacial score (nSPS) is 27.7. The first-order valence-corrected chi connectivity index (χ1v) is 9.04. The van der Waals surface area contributed by atoms with Gasteiger partial charge in [0.05, 0.1) is 12.2 Å². The number of carbonyl (C=O) groups excluding carboxylic acids is 3. The number of rotatable bonds is 4. The summed E-state index contributed by atoms with van der Waals surface area (Å²) < 4.78 is 0. The van der Waals surface area contributed by atoms with Crippen LogP contribution in [0.1, 0.15) is 40.7 Å². The smallest absolute Gasteiger partial charge is 0.255 e. The number of ketones is 2. The number of phenolic OH excluding ortho intramolecular Hbond substituents is 1. The highest BCUT2D eigenvalue weighted by Gasteiger charge is 2.51. The minimum Gasteiger partial charge on any atom is -0.511 e. The van der Waals surface area contributed by atoms with E-state index in [-0.39, 0.29) is 36.7 Å². The third-order valence-corrected chi connectivity index (χ3v) is 5.90. The molecular formula is C20H23NO7. The van der Waals surface area contributed by atoms with E-state index in [4.69, 9.17) is 5.73 Å². The number of primary amides is 1. The van der Waals surface area contributed by atoms with Crippen molar-refractivity contribution in [3.05, 3.63) is 40.2 Å². The molecular weight excluding hydrogens is 366 g/mol. The summed E-state index contributed by atoms with van der Waals surface area (Å²) in [6.45, 7) is 0.896. The van der Waals surface area contributed by atoms with Gasteiger partial charge in [0, 0.05) is 18.8 Å². The molecule has 6 N–H and O–H groups in total. The Morgan fingerprint density at radius 3 is 2.50 bits per heavy atom. The molecule has 3 rings (SSSR count). The van der Waals surface area contributed by atoms with Crippen LogP contribution in [0.2, 0.25) is 0 Å². The van der Waals surface area contributed by atoms with E-state index in [0.717, 1.165) is 5.56 Å². The fourth-order valence-corrected chi connectivity index (χ4v) is 4.38. The molecule has 3 atom stereocenters. The van der Waals surface area contributed by atoms with E-state index in [2.05, 4.69) is 0 Å². The van der Waals surface area contributed by atoms with Crippen molar-refractivity contribution in [2.24, 2.45) is 17.6 Å². The molecule has 8 heteroatoms. The summed E-state index contributed by atoms with van der Waals surface area (Å²) in [5, 5.41) is 40.5. The summed E-state index contributed by atoms with van der Waals surface area (Å²) in [7, 11) is 0. The maximum absolute atomic E-state index is 12.6. The number of hydrogen-bond acceptors (Lipinski definition) is 7. The van der Waals surface area contributed by atoms with Crippen molar-refractivity contribution < 1.29 is 34.8 Å². The van der Waals surface area contributed by atoms with E-state index in [1.54, 1.807) is 6.07 Å². The Morgan fingerprint density at radius 1 is 1.21 bits per heavy atom. The van der Waals surface area contributed by atoms with Crippen LogP contribution in [0, 0.1) is 18.8 Å². The lowest BCUT2D eigenvalue weighted by Crippen LogP contribution is -2.55. The van der Waals surface area contributed by atoms with Crippen LogP contribution in [-0.2, 0) is 16.0 Å². The maximum atomic E-state index is 12.6. The molecule has 28 heavy (non-hydrogen) atoms. The predicted octanol–water partition coefficient (Wildman–Crippen LogP) is 0.446. The summed E-state index contributed by atoms with van der Waals surface area (Å²) in [6, 6.07) is 3.19. The summed E-state index contributed by atoms with van der Waals surface area (Å²) in [6.07, 6.45) is 0.501. The predicted molar refractivity (Wildman–Crippen MR) is 97.6 cm³/mol. The second-order valence-electron chi connectivity index (χ2n) is 7.69. The number of nitrogens with two attached hydrogens (primary N) is 1. The van der Waals surface area contributed by atoms with Gasteiger partial charge in [0.1, 0.15) is 17.1 Å². The SMILES string of the molecule is Cc1ccc(O)c2c1C[C@@H](C[C@H]1CC(O)=C(C(N)=O)C(=O)[C@@]1(O)CO)CC2=O. The summed E-state index contributed by atoms with van der Waals surface area (Å²) in [4.78, 5) is 36.5. The third-order valence-electron chi connectivity index (χ3n) is 5.90. The number of allylic oxidation sites excluding steroid dienone is 1. The average molecular weight is 389 g/mol. The molecule has 0 fully saturated rings. The first kappa shape index (κ1) is 20.0. The molecule has 0 aliphatic heterocycles. The van der Waals surface area contributed by atoms with Crippen LogP contribution in [-0.4, -0.2) is 50.1 Å². The van der Waals surface area contributed by atoms with Crippen LogP contribution in [0.3, 0.4) is 0 Å². The Bertz CT molecular complexity index is 904. The number of fused-ring (bicyclic) bond motifs is 1. The quantitative estimate of drug-likeness (QED) is 0.468. The van der Waals surface area contributed by atoms with Gasteiger partial charge in [-0.15, -0.1) is 0 Å². The number of benzene rings is 1. The number of amides is 1. The Hall–Kier alpha value is -2.71. The van der Waals surface area contributed by atoms with Gasteiger partial charge >= 0.3 is 0 Å². The first-order valence-electron chi connectivity index (χ1n) is 9.04. The van der Waals surface area contributed by atoms with Gasteiger partial charge in [0.15, 0.2) is 11.4 Å². The molecule has 1 amide bonds. The van der Waals surface area contributed by atoms with Gasteiger partial charge in [-0.05, 0) is 42.9 Å². The minimum absolute atomic E-state index is 0.0737. The zero-order chi connectivity index (χ0) is 20.8. The summed E-state index contributed by atoms with van der Waals surface area (Å²) in [5.41, 5.74) is 4.03. The molecule has 0 heterocycles. The van der Waals surface area contributed by atoms with Gasteiger partial charge < -0.3 is 26.2 Å². The molecule has 8 nitrogen and oxygen atoms in total. The van der Waals surface area contributed by atoms with Crippen molar-refractivity contribution in [1.82, 2.24) is 0 Å². The average Bonchev–Trinajstić information content (AvgIpc) is 2.62. The molecule has 1 aromatic rings. The molecule has 0 radical (unpaired) electrons. The van der Waals surface area contributed by atoms with Crippen LogP contribution in [0.4, 0.5) is 0 Å². The van der Waals surface area contributed by atoms with Gasteiger partial charge in [0.2, 0.25) is 5.78 Å². The molecule has 0 saturated heterocycles. The molecule has 0 spiro atoms. The molecule has 0 saturated carbocycles. The van der Waals surface area contributed by atoms with Gasteiger partial charge in [-0.1, -0.05) is 6.07 Å². The number of aliphatic hydroxyl groups excluding tert-OH is 2. The van der Waals surface area contributed by atoms with Crippen LogP contribution in [0.5, 0.6) is 5.75 Å². The zero-order valence-corrected chi connectivity index (χ0v) is 15.4. The van der Waals surface area contributed by atoms with E-state index in [1.165, 1.54) is 6.07 Å². The second-order valence-corrected chi connectivity index (χ2v) is 7.69. The number of hydrogen-bond donors (Lipinski definition) is 5. The number of aromatic hydroxyl groups is 1. The second kappa shape index (κ2) is 7.03. The van der Waals surface area contributed by atoms with Crippen LogP contribution in [0.25, 0.3) is 0 Å². The van der Waals surface area contributed by atoms with Crippen molar-refractivity contribution in [1.29, 1.82) is 0 Å². The van der Waals surface area contributed by atoms with E-state index in [1.807, 2.05) is 6.92 Å². The van der Waals surface area contributed by atoms with Crippen LogP contribution < -0.4 is 5.73 Å². The van der Waals surface area contributed by atoms with E-state index >= 15 is 0 Å². The zero-order valence-electron chi connectivity index (χ0n) is 15.4. The minimum atomic E-state index is -2.26. The Labute approximate surface area is 161 Å². The molecule has 0 unspecified atom stereocenters. The highest BCUT2D eigenvalue weighted by molar-refractivity contribution is 6.22. The standard InChI is InChI=1S/C20H23NO7/c1-9-2-3-13(23)16-12(9)5-10(6-14(16)24)4-11-7-15(25)17(19(21)27)18(26)20(11,28)8-22/h2-3,10-11,22-23,25,28H,4-8H2,1H3,(H2,21,27)/t10-,11+,20-/m1/s1. The van der Waals surface area contributed by atoms with Gasteiger partial charge in [-0.25, -0.2) is 0 Å². The van der Waals surface area contributed by atoms with Crippen molar-refractivity contribution >= 4 is 17.5 Å². The number of aryl methyl sites for hydroxylation is 1. The van der Waals surface area contributed by atoms with E-state index < -0.39 is 41.1 Å². The number of carbonyl (C=O) groups is 3. The molecule has 0 bridgehead atoms. The monoisotopic (exact) mass is 389 g/mol. The third kappa shape index (κ3) is 3.08. The lowest BCUT2D eigenvalue weighted by Gasteiger charge is -2.39. The van der Waals surface area contributed by atoms with Crippen molar-refractivity contribution in [2.45, 2.75) is 38.2 Å².